The number of aromatic nitrogens is 2. The normalized spacial score (nSPS) is 11.8. The van der Waals surface area contributed by atoms with Gasteiger partial charge in [0.2, 0.25) is 11.5 Å². The number of unbranched alkanes of at least 4 members (excludes halogenated alkanes) is 1. The standard InChI is InChI=1S/C37H51N7O7/c1-26(45)40-33-43(20-9-10-24-48-30-18-14-28(15-19-30)32(39)42(8)35(47)51-37(5,6)7)22-23-44(33)21-11-25-49-29-16-12-27(13-17-29)31(38)41-34(46)50-36(2,3)4/h12-19,22-23,39H,9-11,20-21,24-25H2,1-8H3,(H2,38,41,46). The third kappa shape index (κ3) is 13.8. The molecule has 0 atom stereocenters. The summed E-state index contributed by atoms with van der Waals surface area (Å²) in [6.07, 6.45) is 4.75. The maximum absolute atomic E-state index is 12.3. The Morgan fingerprint density at radius 2 is 1.24 bits per heavy atom. The fourth-order valence-electron chi connectivity index (χ4n) is 4.60. The average Bonchev–Trinajstić information content (AvgIpc) is 3.41. The molecule has 0 aliphatic heterocycles. The number of hydrogen-bond acceptors (Lipinski definition) is 9. The summed E-state index contributed by atoms with van der Waals surface area (Å²) in [5.41, 5.74) is 0.341. The van der Waals surface area contributed by atoms with Crippen molar-refractivity contribution in [1.82, 2.24) is 19.4 Å². The van der Waals surface area contributed by atoms with E-state index in [0.717, 1.165) is 17.7 Å². The largest absolute Gasteiger partial charge is 0.494 e. The van der Waals surface area contributed by atoms with Crippen LogP contribution in [0, 0.1) is 10.8 Å². The second kappa shape index (κ2) is 18.0. The number of carbonyl (C=O) groups is 3. The van der Waals surface area contributed by atoms with E-state index < -0.39 is 23.4 Å². The topological polar surface area (TPSA) is 173 Å². The first-order valence-electron chi connectivity index (χ1n) is 16.8. The summed E-state index contributed by atoms with van der Waals surface area (Å²) < 4.78 is 26.2. The number of ether oxygens (including phenoxy) is 4. The van der Waals surface area contributed by atoms with Gasteiger partial charge in [0.25, 0.3) is 0 Å². The summed E-state index contributed by atoms with van der Waals surface area (Å²) in [6.45, 7) is 14.2. The lowest BCUT2D eigenvalue weighted by Gasteiger charge is -2.25. The minimum absolute atomic E-state index is 0.0272. The van der Waals surface area contributed by atoms with Gasteiger partial charge in [0.1, 0.15) is 34.4 Å². The van der Waals surface area contributed by atoms with Gasteiger partial charge in [-0.2, -0.15) is 4.99 Å². The molecule has 0 spiro atoms. The molecule has 3 N–H and O–H groups in total. The van der Waals surface area contributed by atoms with Gasteiger partial charge in [0, 0.05) is 50.6 Å². The number of rotatable bonds is 13. The van der Waals surface area contributed by atoms with Crippen LogP contribution in [0.15, 0.2) is 65.9 Å². The van der Waals surface area contributed by atoms with E-state index >= 15 is 0 Å². The van der Waals surface area contributed by atoms with E-state index in [2.05, 4.69) is 10.3 Å². The molecule has 3 rings (SSSR count). The molecular weight excluding hydrogens is 654 g/mol. The molecule has 0 saturated carbocycles. The second-order valence-corrected chi connectivity index (χ2v) is 13.8. The molecule has 3 aromatic rings. The van der Waals surface area contributed by atoms with Crippen molar-refractivity contribution in [3.05, 3.63) is 77.7 Å². The maximum Gasteiger partial charge on any atom is 0.415 e. The first-order chi connectivity index (χ1) is 23.9. The molecule has 0 fully saturated rings. The van der Waals surface area contributed by atoms with Crippen molar-refractivity contribution in [1.29, 1.82) is 10.8 Å². The Labute approximate surface area is 299 Å². The summed E-state index contributed by atoms with van der Waals surface area (Å²) in [5, 5.41) is 18.9. The zero-order valence-electron chi connectivity index (χ0n) is 30.9. The maximum atomic E-state index is 12.3. The fraction of sp³-hybridized carbons (Fsp3) is 0.459. The number of imidazole rings is 1. The first kappa shape index (κ1) is 40.0. The van der Waals surface area contributed by atoms with Crippen molar-refractivity contribution < 1.29 is 33.3 Å². The van der Waals surface area contributed by atoms with Crippen molar-refractivity contribution in [2.45, 2.75) is 92.0 Å². The quantitative estimate of drug-likeness (QED) is 0.109. The SMILES string of the molecule is CC(=O)N=c1n(CCCCOc2ccc(C(=N)N(C)C(=O)OC(C)(C)C)cc2)ccn1CCCOc1ccc(C(=N)NC(=O)OC(C)(C)C)cc1. The molecule has 0 bridgehead atoms. The molecule has 0 saturated heterocycles. The van der Waals surface area contributed by atoms with E-state index in [1.165, 1.54) is 14.0 Å². The number of nitrogens with one attached hydrogen (secondary N) is 3. The number of benzene rings is 2. The van der Waals surface area contributed by atoms with E-state index in [4.69, 9.17) is 29.8 Å². The Hall–Kier alpha value is -5.40. The number of amides is 3. The molecule has 0 radical (unpaired) electrons. The lowest BCUT2D eigenvalue weighted by atomic mass is 10.2. The molecule has 14 nitrogen and oxygen atoms in total. The van der Waals surface area contributed by atoms with Gasteiger partial charge in [-0.1, -0.05) is 0 Å². The Bertz CT molecular complexity index is 1730. The van der Waals surface area contributed by atoms with E-state index in [9.17, 15) is 14.4 Å². The van der Waals surface area contributed by atoms with Gasteiger partial charge in [0.15, 0.2) is 0 Å². The molecule has 14 heteroatoms. The van der Waals surface area contributed by atoms with Crippen LogP contribution in [0.4, 0.5) is 9.59 Å². The van der Waals surface area contributed by atoms with E-state index in [1.54, 1.807) is 90.1 Å². The summed E-state index contributed by atoms with van der Waals surface area (Å²) >= 11 is 0. The van der Waals surface area contributed by atoms with E-state index in [0.29, 0.717) is 61.0 Å². The van der Waals surface area contributed by atoms with Crippen LogP contribution in [0.1, 0.15) is 78.9 Å². The van der Waals surface area contributed by atoms with Crippen molar-refractivity contribution in [3.8, 4) is 11.5 Å². The lowest BCUT2D eigenvalue weighted by Crippen LogP contribution is -2.38. The van der Waals surface area contributed by atoms with Crippen LogP contribution in [0.3, 0.4) is 0 Å². The molecule has 276 valence electrons. The number of alkyl carbamates (subject to hydrolysis) is 1. The van der Waals surface area contributed by atoms with Gasteiger partial charge in [-0.05, 0) is 109 Å². The molecular formula is C37H51N7O7. The van der Waals surface area contributed by atoms with E-state index in [1.807, 2.05) is 21.5 Å². The van der Waals surface area contributed by atoms with Crippen molar-refractivity contribution in [3.63, 3.8) is 0 Å². The fourth-order valence-corrected chi connectivity index (χ4v) is 4.60. The summed E-state index contributed by atoms with van der Waals surface area (Å²) in [7, 11) is 1.50. The van der Waals surface area contributed by atoms with Crippen LogP contribution in [0.25, 0.3) is 0 Å². The van der Waals surface area contributed by atoms with Crippen LogP contribution < -0.4 is 20.4 Å². The van der Waals surface area contributed by atoms with Gasteiger partial charge in [-0.15, -0.1) is 0 Å². The highest BCUT2D eigenvalue weighted by Crippen LogP contribution is 2.17. The summed E-state index contributed by atoms with van der Waals surface area (Å²) in [4.78, 5) is 41.6. The molecule has 2 aromatic carbocycles. The number of nitrogens with zero attached hydrogens (tertiary/aromatic N) is 4. The Morgan fingerprint density at radius 1 is 0.745 bits per heavy atom. The predicted octanol–water partition coefficient (Wildman–Crippen LogP) is 6.11. The van der Waals surface area contributed by atoms with Crippen LogP contribution in [0.2, 0.25) is 0 Å². The van der Waals surface area contributed by atoms with Crippen LogP contribution in [0.5, 0.6) is 11.5 Å². The number of aryl methyl sites for hydroxylation is 2. The van der Waals surface area contributed by atoms with Gasteiger partial charge >= 0.3 is 12.2 Å². The van der Waals surface area contributed by atoms with Crippen molar-refractivity contribution in [2.75, 3.05) is 20.3 Å². The van der Waals surface area contributed by atoms with Crippen LogP contribution in [-0.2, 0) is 27.4 Å². The molecule has 1 heterocycles. The van der Waals surface area contributed by atoms with Gasteiger partial charge in [0.05, 0.1) is 13.2 Å². The molecule has 0 unspecified atom stereocenters. The van der Waals surface area contributed by atoms with Crippen molar-refractivity contribution >= 4 is 29.8 Å². The molecule has 0 aliphatic rings. The van der Waals surface area contributed by atoms with Crippen LogP contribution >= 0.6 is 0 Å². The van der Waals surface area contributed by atoms with Gasteiger partial charge in [-0.3, -0.25) is 25.8 Å². The summed E-state index contributed by atoms with van der Waals surface area (Å²) in [5.74, 6) is 0.957. The molecule has 3 amide bonds. The Balaban J connectivity index is 1.43. The smallest absolute Gasteiger partial charge is 0.415 e. The third-order valence-electron chi connectivity index (χ3n) is 6.97. The zero-order valence-corrected chi connectivity index (χ0v) is 30.9. The van der Waals surface area contributed by atoms with Gasteiger partial charge < -0.3 is 28.1 Å². The predicted molar refractivity (Wildman–Crippen MR) is 193 cm³/mol. The third-order valence-corrected chi connectivity index (χ3v) is 6.97. The highest BCUT2D eigenvalue weighted by atomic mass is 16.6. The monoisotopic (exact) mass is 705 g/mol. The van der Waals surface area contributed by atoms with Gasteiger partial charge in [-0.25, -0.2) is 9.59 Å². The molecule has 0 aliphatic carbocycles. The number of amidine groups is 2. The summed E-state index contributed by atoms with van der Waals surface area (Å²) in [6, 6.07) is 13.8. The highest BCUT2D eigenvalue weighted by molar-refractivity contribution is 6.05. The molecule has 51 heavy (non-hydrogen) atoms. The Kier molecular flexibility index (Phi) is 14.1. The minimum Gasteiger partial charge on any atom is -0.494 e. The van der Waals surface area contributed by atoms with Crippen LogP contribution in [-0.4, -0.2) is 75.3 Å². The highest BCUT2D eigenvalue weighted by Gasteiger charge is 2.23. The van der Waals surface area contributed by atoms with Crippen molar-refractivity contribution in [2.24, 2.45) is 4.99 Å². The second-order valence-electron chi connectivity index (χ2n) is 13.8. The first-order valence-corrected chi connectivity index (χ1v) is 16.8. The Morgan fingerprint density at radius 3 is 1.75 bits per heavy atom. The minimum atomic E-state index is -0.686. The lowest BCUT2D eigenvalue weighted by molar-refractivity contribution is -0.116. The zero-order chi connectivity index (χ0) is 37.8. The number of carbonyl (C=O) groups excluding carboxylic acids is 3. The average molecular weight is 706 g/mol. The van der Waals surface area contributed by atoms with E-state index in [-0.39, 0.29) is 17.6 Å². The molecule has 1 aromatic heterocycles. The number of hydrogen-bond donors (Lipinski definition) is 3.